The van der Waals surface area contributed by atoms with Crippen molar-refractivity contribution in [1.82, 2.24) is 19.5 Å². The van der Waals surface area contributed by atoms with E-state index >= 15 is 0 Å². The summed E-state index contributed by atoms with van der Waals surface area (Å²) in [6, 6.07) is 15.8. The molecule has 0 aliphatic carbocycles. The number of pyridine rings is 1. The van der Waals surface area contributed by atoms with E-state index in [0.717, 1.165) is 47.2 Å². The number of carboxylic acid groups (broad SMARTS) is 1. The quantitative estimate of drug-likeness (QED) is 0.199. The SMILES string of the molecule is NC(=O)c1cn(CCc2ccc3c(n2)NCCC3)nc1C[C@H](NS(=O)(=O)CCc1cccc2ccccc12)C(=O)O. The van der Waals surface area contributed by atoms with Crippen LogP contribution in [0.1, 0.15) is 39.3 Å². The number of amides is 1. The van der Waals surface area contributed by atoms with E-state index in [2.05, 4.69) is 26.2 Å². The summed E-state index contributed by atoms with van der Waals surface area (Å²) < 4.78 is 29.6. The molecule has 0 bridgehead atoms. The fourth-order valence-corrected chi connectivity index (χ4v) is 6.30. The number of nitrogens with two attached hydrogens (primary N) is 1. The van der Waals surface area contributed by atoms with Crippen molar-refractivity contribution in [3.63, 3.8) is 0 Å². The molecule has 12 heteroatoms. The van der Waals surface area contributed by atoms with Crippen LogP contribution < -0.4 is 15.8 Å². The summed E-state index contributed by atoms with van der Waals surface area (Å²) in [6.07, 6.45) is 3.90. The van der Waals surface area contributed by atoms with Gasteiger partial charge in [-0.3, -0.25) is 14.3 Å². The molecular formula is C29H32N6O5S. The number of fused-ring (bicyclic) bond motifs is 2. The molecule has 0 radical (unpaired) electrons. The van der Waals surface area contributed by atoms with Gasteiger partial charge in [0.15, 0.2) is 0 Å². The van der Waals surface area contributed by atoms with Crippen LogP contribution in [-0.2, 0) is 47.0 Å². The predicted octanol–water partition coefficient (Wildman–Crippen LogP) is 2.29. The fourth-order valence-electron chi connectivity index (χ4n) is 5.07. The van der Waals surface area contributed by atoms with Crippen LogP contribution in [-0.4, -0.2) is 58.5 Å². The molecule has 1 atom stereocenters. The monoisotopic (exact) mass is 576 g/mol. The molecular weight excluding hydrogens is 544 g/mol. The van der Waals surface area contributed by atoms with Crippen molar-refractivity contribution >= 4 is 38.5 Å². The Labute approximate surface area is 237 Å². The number of carboxylic acids is 1. The Balaban J connectivity index is 1.26. The molecule has 1 aliphatic rings. The molecule has 0 saturated carbocycles. The molecule has 11 nitrogen and oxygen atoms in total. The van der Waals surface area contributed by atoms with E-state index in [9.17, 15) is 23.1 Å². The van der Waals surface area contributed by atoms with E-state index in [-0.39, 0.29) is 29.9 Å². The zero-order valence-electron chi connectivity index (χ0n) is 22.4. The van der Waals surface area contributed by atoms with Crippen LogP contribution in [0, 0.1) is 0 Å². The van der Waals surface area contributed by atoms with Crippen molar-refractivity contribution in [3.05, 3.63) is 88.9 Å². The van der Waals surface area contributed by atoms with Crippen molar-refractivity contribution in [2.24, 2.45) is 5.73 Å². The molecule has 0 fully saturated rings. The van der Waals surface area contributed by atoms with Gasteiger partial charge in [-0.1, -0.05) is 48.5 Å². The minimum atomic E-state index is -3.99. The molecule has 2 aromatic heterocycles. The van der Waals surface area contributed by atoms with E-state index in [0.29, 0.717) is 13.0 Å². The van der Waals surface area contributed by atoms with E-state index in [1.54, 1.807) is 0 Å². The van der Waals surface area contributed by atoms with Gasteiger partial charge in [0.2, 0.25) is 10.0 Å². The lowest BCUT2D eigenvalue weighted by Gasteiger charge is -2.17. The summed E-state index contributed by atoms with van der Waals surface area (Å²) in [7, 11) is -3.99. The molecule has 214 valence electrons. The second kappa shape index (κ2) is 12.1. The minimum Gasteiger partial charge on any atom is -0.480 e. The average Bonchev–Trinajstić information content (AvgIpc) is 3.37. The first-order chi connectivity index (χ1) is 19.7. The lowest BCUT2D eigenvalue weighted by Crippen LogP contribution is -2.43. The van der Waals surface area contributed by atoms with Crippen molar-refractivity contribution < 1.29 is 23.1 Å². The first kappa shape index (κ1) is 28.2. The molecule has 5 rings (SSSR count). The molecule has 41 heavy (non-hydrogen) atoms. The van der Waals surface area contributed by atoms with Crippen molar-refractivity contribution in [2.45, 2.75) is 44.7 Å². The lowest BCUT2D eigenvalue weighted by atomic mass is 10.0. The number of rotatable bonds is 12. The number of primary amides is 1. The van der Waals surface area contributed by atoms with Gasteiger partial charge < -0.3 is 16.2 Å². The van der Waals surface area contributed by atoms with E-state index in [1.165, 1.54) is 16.4 Å². The standard InChI is InChI=1S/C29H32N6O5S/c30-27(36)24-18-35(15-12-22-11-10-21-8-4-14-31-28(21)32-22)33-25(24)17-26(29(37)38)34-41(39,40)16-13-20-7-3-6-19-5-1-2-9-23(19)20/h1-3,5-7,9-11,18,26,34H,4,8,12-17H2,(H2,30,36)(H,31,32)(H,37,38)/t26-/m0/s1. The first-order valence-electron chi connectivity index (χ1n) is 13.5. The molecule has 4 aromatic rings. The fraction of sp³-hybridized carbons (Fsp3) is 0.310. The van der Waals surface area contributed by atoms with Gasteiger partial charge in [0.1, 0.15) is 11.9 Å². The van der Waals surface area contributed by atoms with Gasteiger partial charge in [-0.05, 0) is 47.2 Å². The number of nitrogens with zero attached hydrogens (tertiary/aromatic N) is 3. The van der Waals surface area contributed by atoms with Gasteiger partial charge in [-0.25, -0.2) is 18.1 Å². The van der Waals surface area contributed by atoms with Crippen LogP contribution in [0.3, 0.4) is 0 Å². The number of benzene rings is 2. The topological polar surface area (TPSA) is 169 Å². The van der Waals surface area contributed by atoms with Crippen LogP contribution in [0.4, 0.5) is 5.82 Å². The molecule has 5 N–H and O–H groups in total. The molecule has 3 heterocycles. The minimum absolute atomic E-state index is 0.0475. The number of hydrogen-bond donors (Lipinski definition) is 4. The van der Waals surface area contributed by atoms with Crippen LogP contribution in [0.25, 0.3) is 10.8 Å². The molecule has 2 aromatic carbocycles. The van der Waals surface area contributed by atoms with Crippen LogP contribution >= 0.6 is 0 Å². The molecule has 0 spiro atoms. The Morgan fingerprint density at radius 3 is 2.71 bits per heavy atom. The highest BCUT2D eigenvalue weighted by Gasteiger charge is 2.28. The van der Waals surface area contributed by atoms with Gasteiger partial charge in [-0.15, -0.1) is 0 Å². The van der Waals surface area contributed by atoms with Gasteiger partial charge in [0.25, 0.3) is 5.91 Å². The smallest absolute Gasteiger partial charge is 0.322 e. The summed E-state index contributed by atoms with van der Waals surface area (Å²) in [5, 5.41) is 19.4. The number of carbonyl (C=O) groups excluding carboxylic acids is 1. The summed E-state index contributed by atoms with van der Waals surface area (Å²) in [5.74, 6) is -1.57. The van der Waals surface area contributed by atoms with Gasteiger partial charge in [0.05, 0.1) is 17.0 Å². The average molecular weight is 577 g/mol. The Morgan fingerprint density at radius 2 is 1.90 bits per heavy atom. The Kier molecular flexibility index (Phi) is 8.31. The third-order valence-corrected chi connectivity index (χ3v) is 8.58. The lowest BCUT2D eigenvalue weighted by molar-refractivity contribution is -0.138. The zero-order valence-corrected chi connectivity index (χ0v) is 23.2. The van der Waals surface area contributed by atoms with E-state index < -0.39 is 27.9 Å². The van der Waals surface area contributed by atoms with Gasteiger partial charge >= 0.3 is 5.97 Å². The number of aryl methyl sites for hydroxylation is 4. The number of carbonyl (C=O) groups is 2. The van der Waals surface area contributed by atoms with Gasteiger partial charge in [-0.2, -0.15) is 5.10 Å². The van der Waals surface area contributed by atoms with E-state index in [1.807, 2.05) is 48.5 Å². The molecule has 1 amide bonds. The second-order valence-corrected chi connectivity index (χ2v) is 12.0. The van der Waals surface area contributed by atoms with E-state index in [4.69, 9.17) is 5.73 Å². The maximum atomic E-state index is 12.9. The zero-order chi connectivity index (χ0) is 29.0. The Morgan fingerprint density at radius 1 is 1.10 bits per heavy atom. The normalized spacial score (nSPS) is 13.9. The van der Waals surface area contributed by atoms with Crippen molar-refractivity contribution in [1.29, 1.82) is 0 Å². The van der Waals surface area contributed by atoms with Crippen LogP contribution in [0.2, 0.25) is 0 Å². The molecule has 0 saturated heterocycles. The van der Waals surface area contributed by atoms with Crippen LogP contribution in [0.5, 0.6) is 0 Å². The van der Waals surface area contributed by atoms with Crippen molar-refractivity contribution in [2.75, 3.05) is 17.6 Å². The van der Waals surface area contributed by atoms with Gasteiger partial charge in [0, 0.05) is 37.8 Å². The Hall–Kier alpha value is -4.29. The summed E-state index contributed by atoms with van der Waals surface area (Å²) in [5.41, 5.74) is 8.58. The maximum Gasteiger partial charge on any atom is 0.322 e. The summed E-state index contributed by atoms with van der Waals surface area (Å²) >= 11 is 0. The number of aliphatic carboxylic acids is 1. The first-order valence-corrected chi connectivity index (χ1v) is 15.1. The largest absolute Gasteiger partial charge is 0.480 e. The second-order valence-electron chi connectivity index (χ2n) is 10.1. The third kappa shape index (κ3) is 6.90. The predicted molar refractivity (Wildman–Crippen MR) is 155 cm³/mol. The Bertz CT molecular complexity index is 1700. The number of nitrogens with one attached hydrogen (secondary N) is 2. The summed E-state index contributed by atoms with van der Waals surface area (Å²) in [4.78, 5) is 28.9. The summed E-state index contributed by atoms with van der Waals surface area (Å²) in [6.45, 7) is 1.26. The number of hydrogen-bond acceptors (Lipinski definition) is 7. The maximum absolute atomic E-state index is 12.9. The highest BCUT2D eigenvalue weighted by atomic mass is 32.2. The number of anilines is 1. The highest BCUT2D eigenvalue weighted by molar-refractivity contribution is 7.89. The van der Waals surface area contributed by atoms with Crippen molar-refractivity contribution in [3.8, 4) is 0 Å². The highest BCUT2D eigenvalue weighted by Crippen LogP contribution is 2.21. The number of sulfonamides is 1. The molecule has 0 unspecified atom stereocenters. The third-order valence-electron chi connectivity index (χ3n) is 7.19. The molecule has 1 aliphatic heterocycles. The number of aromatic nitrogens is 3. The van der Waals surface area contributed by atoms with Crippen LogP contribution in [0.15, 0.2) is 60.8 Å².